The highest BCUT2D eigenvalue weighted by Gasteiger charge is 2.28. The molecule has 0 aliphatic heterocycles. The topological polar surface area (TPSA) is 75.6 Å². The van der Waals surface area contributed by atoms with Crippen LogP contribution in [-0.4, -0.2) is 43.4 Å². The van der Waals surface area contributed by atoms with E-state index in [-0.39, 0.29) is 24.3 Å². The lowest BCUT2D eigenvalue weighted by molar-refractivity contribution is -0.885. The fourth-order valence-electron chi connectivity index (χ4n) is 3.35. The van der Waals surface area contributed by atoms with Gasteiger partial charge in [0, 0.05) is 28.4 Å². The first-order valence-electron chi connectivity index (χ1n) is 9.28. The molecule has 0 saturated heterocycles. The van der Waals surface area contributed by atoms with Crippen molar-refractivity contribution in [1.82, 2.24) is 4.98 Å². The molecule has 0 saturated carbocycles. The zero-order valence-electron chi connectivity index (χ0n) is 16.6. The third-order valence-corrected chi connectivity index (χ3v) is 5.07. The van der Waals surface area contributed by atoms with E-state index < -0.39 is 0 Å². The molecule has 3 N–H and O–H groups in total. The van der Waals surface area contributed by atoms with Crippen molar-refractivity contribution >= 4 is 28.3 Å². The summed E-state index contributed by atoms with van der Waals surface area (Å²) >= 11 is 0. The number of amides is 1. The molecule has 0 aliphatic carbocycles. The highest BCUT2D eigenvalue weighted by atomic mass is 16.5. The minimum atomic E-state index is -0.353. The number of ketones is 1. The van der Waals surface area contributed by atoms with Crippen LogP contribution in [0.1, 0.15) is 23.0 Å². The number of para-hydroxylation sites is 1. The van der Waals surface area contributed by atoms with Gasteiger partial charge in [-0.15, -0.1) is 0 Å². The predicted octanol–water partition coefficient (Wildman–Crippen LogP) is 2.21. The van der Waals surface area contributed by atoms with E-state index in [1.54, 1.807) is 19.2 Å². The summed E-state index contributed by atoms with van der Waals surface area (Å²) in [7, 11) is 3.44. The van der Waals surface area contributed by atoms with Crippen LogP contribution in [0.5, 0.6) is 5.75 Å². The van der Waals surface area contributed by atoms with Crippen LogP contribution in [0.4, 0.5) is 5.69 Å². The zero-order chi connectivity index (χ0) is 20.3. The van der Waals surface area contributed by atoms with Crippen molar-refractivity contribution in [3.8, 4) is 5.75 Å². The highest BCUT2D eigenvalue weighted by Crippen LogP contribution is 2.22. The molecule has 0 bridgehead atoms. The maximum absolute atomic E-state index is 13.1. The molecule has 0 fully saturated rings. The number of aromatic nitrogens is 1. The Morgan fingerprint density at radius 2 is 1.93 bits per heavy atom. The van der Waals surface area contributed by atoms with Crippen LogP contribution in [-0.2, 0) is 4.79 Å². The molecule has 1 heterocycles. The second-order valence-corrected chi connectivity index (χ2v) is 7.06. The number of hydrogen-bond donors (Lipinski definition) is 3. The first-order valence-corrected chi connectivity index (χ1v) is 9.28. The fraction of sp³-hybridized carbons (Fsp3) is 0.273. The number of methoxy groups -OCH3 is 1. The molecular formula is C22H26N3O3+. The molecule has 146 valence electrons. The molecule has 1 aromatic heterocycles. The van der Waals surface area contributed by atoms with E-state index in [1.165, 1.54) is 0 Å². The van der Waals surface area contributed by atoms with Gasteiger partial charge in [-0.3, -0.25) is 9.59 Å². The Bertz CT molecular complexity index is 1010. The smallest absolute Gasteiger partial charge is 0.279 e. The summed E-state index contributed by atoms with van der Waals surface area (Å²) in [6, 6.07) is 14.6. The van der Waals surface area contributed by atoms with Gasteiger partial charge in [-0.1, -0.05) is 24.3 Å². The normalized spacial score (nSPS) is 13.1. The van der Waals surface area contributed by atoms with Gasteiger partial charge in [-0.25, -0.2) is 0 Å². The number of carbonyl (C=O) groups is 2. The summed E-state index contributed by atoms with van der Waals surface area (Å²) in [4.78, 5) is 29.6. The maximum atomic E-state index is 13.1. The van der Waals surface area contributed by atoms with Crippen LogP contribution in [0.3, 0.4) is 0 Å². The monoisotopic (exact) mass is 380 g/mol. The standard InChI is InChI=1S/C22H25N3O3/c1-14-21(18-10-5-6-11-19(18)23-14)22(27)15(2)25(3)13-20(26)24-16-8-7-9-17(12-16)28-4/h5-12,15,23H,13H2,1-4H3,(H,24,26)/p+1/t15-/m0/s1. The highest BCUT2D eigenvalue weighted by molar-refractivity contribution is 6.11. The fourth-order valence-corrected chi connectivity index (χ4v) is 3.35. The van der Waals surface area contributed by atoms with Gasteiger partial charge in [0.05, 0.1) is 19.7 Å². The third-order valence-electron chi connectivity index (χ3n) is 5.07. The number of benzene rings is 2. The number of anilines is 1. The summed E-state index contributed by atoms with van der Waals surface area (Å²) in [5.74, 6) is 0.555. The molecule has 1 amide bonds. The second-order valence-electron chi connectivity index (χ2n) is 7.06. The van der Waals surface area contributed by atoms with Crippen molar-refractivity contribution < 1.29 is 19.2 Å². The zero-order valence-corrected chi connectivity index (χ0v) is 16.6. The molecule has 2 atom stereocenters. The van der Waals surface area contributed by atoms with E-state index in [1.807, 2.05) is 57.3 Å². The van der Waals surface area contributed by atoms with Crippen LogP contribution < -0.4 is 15.0 Å². The Labute approximate surface area is 164 Å². The van der Waals surface area contributed by atoms with Crippen molar-refractivity contribution in [2.24, 2.45) is 0 Å². The molecule has 28 heavy (non-hydrogen) atoms. The molecule has 1 unspecified atom stereocenters. The maximum Gasteiger partial charge on any atom is 0.279 e. The minimum Gasteiger partial charge on any atom is -0.497 e. The quantitative estimate of drug-likeness (QED) is 0.550. The van der Waals surface area contributed by atoms with Crippen molar-refractivity contribution in [2.75, 3.05) is 26.0 Å². The van der Waals surface area contributed by atoms with E-state index in [2.05, 4.69) is 10.3 Å². The number of H-pyrrole nitrogens is 1. The first-order chi connectivity index (χ1) is 13.4. The Kier molecular flexibility index (Phi) is 5.80. The van der Waals surface area contributed by atoms with Crippen molar-refractivity contribution in [1.29, 1.82) is 0 Å². The Morgan fingerprint density at radius 1 is 1.18 bits per heavy atom. The molecule has 6 nitrogen and oxygen atoms in total. The van der Waals surface area contributed by atoms with Crippen molar-refractivity contribution in [2.45, 2.75) is 19.9 Å². The van der Waals surface area contributed by atoms with E-state index in [4.69, 9.17) is 4.74 Å². The van der Waals surface area contributed by atoms with E-state index in [9.17, 15) is 9.59 Å². The summed E-state index contributed by atoms with van der Waals surface area (Å²) in [5, 5.41) is 3.78. The summed E-state index contributed by atoms with van der Waals surface area (Å²) in [5.41, 5.74) is 3.18. The number of carbonyl (C=O) groups excluding carboxylic acids is 2. The number of fused-ring (bicyclic) bond motifs is 1. The van der Waals surface area contributed by atoms with Crippen molar-refractivity contribution in [3.05, 3.63) is 59.8 Å². The largest absolute Gasteiger partial charge is 0.497 e. The number of likely N-dealkylation sites (N-methyl/N-ethyl adjacent to an activating group) is 1. The molecule has 0 radical (unpaired) electrons. The predicted molar refractivity (Wildman–Crippen MR) is 110 cm³/mol. The van der Waals surface area contributed by atoms with Crippen molar-refractivity contribution in [3.63, 3.8) is 0 Å². The van der Waals surface area contributed by atoms with Gasteiger partial charge in [0.25, 0.3) is 5.91 Å². The van der Waals surface area contributed by atoms with Gasteiger partial charge in [0.2, 0.25) is 5.78 Å². The van der Waals surface area contributed by atoms with Crippen LogP contribution >= 0.6 is 0 Å². The van der Waals surface area contributed by atoms with Crippen LogP contribution in [0.25, 0.3) is 10.9 Å². The first kappa shape index (κ1) is 19.6. The van der Waals surface area contributed by atoms with E-state index >= 15 is 0 Å². The van der Waals surface area contributed by atoms with Crippen LogP contribution in [0.15, 0.2) is 48.5 Å². The second kappa shape index (κ2) is 8.27. The Hall–Kier alpha value is -3.12. The average molecular weight is 380 g/mol. The van der Waals surface area contributed by atoms with Crippen LogP contribution in [0, 0.1) is 6.92 Å². The minimum absolute atomic E-state index is 0.0293. The lowest BCUT2D eigenvalue weighted by Crippen LogP contribution is -3.14. The Balaban J connectivity index is 1.69. The molecule has 0 aliphatic rings. The lowest BCUT2D eigenvalue weighted by atomic mass is 10.0. The lowest BCUT2D eigenvalue weighted by Gasteiger charge is -2.20. The number of aromatic amines is 1. The Morgan fingerprint density at radius 3 is 2.68 bits per heavy atom. The molecule has 6 heteroatoms. The molecule has 3 rings (SSSR count). The number of quaternary nitrogens is 1. The number of nitrogens with one attached hydrogen (secondary N) is 3. The number of aryl methyl sites for hydroxylation is 1. The van der Waals surface area contributed by atoms with Gasteiger partial charge < -0.3 is 19.9 Å². The summed E-state index contributed by atoms with van der Waals surface area (Å²) < 4.78 is 5.17. The number of ether oxygens (including phenoxy) is 1. The van der Waals surface area contributed by atoms with Crippen LogP contribution in [0.2, 0.25) is 0 Å². The van der Waals surface area contributed by atoms with Gasteiger partial charge in [0.15, 0.2) is 6.54 Å². The average Bonchev–Trinajstić information content (AvgIpc) is 3.02. The van der Waals surface area contributed by atoms with Gasteiger partial charge >= 0.3 is 0 Å². The number of hydrogen-bond acceptors (Lipinski definition) is 3. The van der Waals surface area contributed by atoms with Gasteiger partial charge in [0.1, 0.15) is 11.8 Å². The van der Waals surface area contributed by atoms with E-state index in [0.717, 1.165) is 21.5 Å². The molecule has 2 aromatic carbocycles. The molecular weight excluding hydrogens is 354 g/mol. The summed E-state index contributed by atoms with van der Waals surface area (Å²) in [6.45, 7) is 3.95. The van der Waals surface area contributed by atoms with Gasteiger partial charge in [-0.05, 0) is 32.0 Å². The third kappa shape index (κ3) is 4.07. The SMILES string of the molecule is COc1cccc(NC(=O)C[NH+](C)[C@@H](C)C(=O)c2c(C)[nH]c3ccccc23)c1. The van der Waals surface area contributed by atoms with E-state index in [0.29, 0.717) is 17.0 Å². The number of rotatable bonds is 7. The summed E-state index contributed by atoms with van der Waals surface area (Å²) in [6.07, 6.45) is 0. The van der Waals surface area contributed by atoms with Gasteiger partial charge in [-0.2, -0.15) is 0 Å². The molecule has 3 aromatic rings. The molecule has 0 spiro atoms. The number of Topliss-reactive ketones (excluding diaryl/α,β-unsaturated/α-hetero) is 1.